The number of rotatable bonds is 18. The van der Waals surface area contributed by atoms with Gasteiger partial charge in [-0.1, -0.05) is 85.7 Å². The van der Waals surface area contributed by atoms with E-state index in [1.807, 2.05) is 60.7 Å². The number of carbonyl (C=O) groups excluding carboxylic acids is 4. The molecule has 0 heterocycles. The van der Waals surface area contributed by atoms with Crippen LogP contribution in [0.1, 0.15) is 56.1 Å². The molecule has 1 aliphatic carbocycles. The number of ether oxygens (including phenoxy) is 2. The zero-order valence-corrected chi connectivity index (χ0v) is 25.7. The Hall–Kier alpha value is -4.44. The number of aliphatic hydroxyl groups is 1. The average molecular weight is 620 g/mol. The van der Waals surface area contributed by atoms with Crippen LogP contribution in [0.5, 0.6) is 0 Å². The van der Waals surface area contributed by atoms with Crippen molar-refractivity contribution in [1.29, 1.82) is 0 Å². The summed E-state index contributed by atoms with van der Waals surface area (Å²) in [6.45, 7) is 7.13. The number of amides is 3. The molecule has 1 aliphatic rings. The van der Waals surface area contributed by atoms with Gasteiger partial charge in [-0.05, 0) is 43.2 Å². The maximum absolute atomic E-state index is 13.5. The highest BCUT2D eigenvalue weighted by Gasteiger charge is 2.35. The number of hydrogen-bond acceptors (Lipinski definition) is 7. The predicted molar refractivity (Wildman–Crippen MR) is 171 cm³/mol. The van der Waals surface area contributed by atoms with Crippen LogP contribution in [0.2, 0.25) is 0 Å². The number of esters is 1. The van der Waals surface area contributed by atoms with E-state index in [4.69, 9.17) is 9.47 Å². The molecule has 2 aromatic carbocycles. The second kappa shape index (κ2) is 18.4. The molecule has 1 saturated carbocycles. The molecule has 4 N–H and O–H groups in total. The van der Waals surface area contributed by atoms with Gasteiger partial charge in [0.1, 0.15) is 19.3 Å². The lowest BCUT2D eigenvalue weighted by Gasteiger charge is -2.29. The molecule has 0 aliphatic heterocycles. The number of hydrogen-bond donors (Lipinski definition) is 4. The minimum Gasteiger partial charge on any atom is -0.462 e. The van der Waals surface area contributed by atoms with E-state index >= 15 is 0 Å². The molecule has 3 unspecified atom stereocenters. The Bertz CT molecular complexity index is 1260. The van der Waals surface area contributed by atoms with Crippen LogP contribution in [-0.4, -0.2) is 59.8 Å². The van der Waals surface area contributed by atoms with Gasteiger partial charge in [-0.15, -0.1) is 13.2 Å². The minimum absolute atomic E-state index is 0.0403. The first-order valence-electron chi connectivity index (χ1n) is 15.4. The number of allylic oxidation sites excluding steroid dienone is 1. The van der Waals surface area contributed by atoms with Gasteiger partial charge in [0.05, 0.1) is 24.1 Å². The van der Waals surface area contributed by atoms with Gasteiger partial charge < -0.3 is 30.5 Å². The fourth-order valence-corrected chi connectivity index (χ4v) is 5.37. The average Bonchev–Trinajstić information content (AvgIpc) is 3.51. The smallest absolute Gasteiger partial charge is 0.408 e. The molecule has 1 fully saturated rings. The quantitative estimate of drug-likeness (QED) is 0.145. The third-order valence-corrected chi connectivity index (χ3v) is 7.81. The molecule has 0 aromatic heterocycles. The van der Waals surface area contributed by atoms with E-state index in [0.29, 0.717) is 19.3 Å². The Labute approximate surface area is 265 Å². The summed E-state index contributed by atoms with van der Waals surface area (Å²) in [5.41, 5.74) is 1.07. The zero-order valence-electron chi connectivity index (χ0n) is 25.7. The second-order valence-electron chi connectivity index (χ2n) is 11.4. The Morgan fingerprint density at radius 2 is 1.49 bits per heavy atom. The van der Waals surface area contributed by atoms with Crippen LogP contribution in [0.25, 0.3) is 0 Å². The van der Waals surface area contributed by atoms with Crippen molar-refractivity contribution in [2.75, 3.05) is 13.2 Å². The highest BCUT2D eigenvalue weighted by atomic mass is 16.6. The van der Waals surface area contributed by atoms with Crippen LogP contribution < -0.4 is 16.0 Å². The molecular weight excluding hydrogens is 574 g/mol. The van der Waals surface area contributed by atoms with Crippen molar-refractivity contribution in [3.8, 4) is 0 Å². The lowest BCUT2D eigenvalue weighted by atomic mass is 9.95. The first-order chi connectivity index (χ1) is 21.8. The fraction of sp³-hybridized carbons (Fsp3) is 0.429. The van der Waals surface area contributed by atoms with Crippen LogP contribution in [0.15, 0.2) is 86.0 Å². The van der Waals surface area contributed by atoms with E-state index in [9.17, 15) is 24.3 Å². The van der Waals surface area contributed by atoms with E-state index in [-0.39, 0.29) is 50.9 Å². The van der Waals surface area contributed by atoms with Crippen molar-refractivity contribution in [1.82, 2.24) is 16.0 Å². The number of benzene rings is 2. The first kappa shape index (κ1) is 35.0. The van der Waals surface area contributed by atoms with Gasteiger partial charge in [0.25, 0.3) is 0 Å². The topological polar surface area (TPSA) is 143 Å². The predicted octanol–water partition coefficient (Wildman–Crippen LogP) is 4.13. The second-order valence-corrected chi connectivity index (χ2v) is 11.4. The molecule has 0 radical (unpaired) electrons. The van der Waals surface area contributed by atoms with Gasteiger partial charge in [-0.25, -0.2) is 9.59 Å². The molecule has 0 bridgehead atoms. The van der Waals surface area contributed by atoms with Crippen molar-refractivity contribution in [2.45, 2.75) is 75.6 Å². The van der Waals surface area contributed by atoms with E-state index in [1.54, 1.807) is 6.08 Å². The summed E-state index contributed by atoms with van der Waals surface area (Å²) in [4.78, 5) is 51.9. The lowest BCUT2D eigenvalue weighted by molar-refractivity contribution is -0.147. The summed E-state index contributed by atoms with van der Waals surface area (Å²) in [5, 5.41) is 18.3. The van der Waals surface area contributed by atoms with Crippen LogP contribution in [0.3, 0.4) is 0 Å². The summed E-state index contributed by atoms with van der Waals surface area (Å²) in [6, 6.07) is 16.9. The largest absolute Gasteiger partial charge is 0.462 e. The molecule has 10 nitrogen and oxygen atoms in total. The molecule has 3 rings (SSSR count). The molecule has 242 valence electrons. The summed E-state index contributed by atoms with van der Waals surface area (Å²) < 4.78 is 10.8. The highest BCUT2D eigenvalue weighted by molar-refractivity contribution is 5.86. The Morgan fingerprint density at radius 3 is 2.09 bits per heavy atom. The standard InChI is InChI=1S/C35H45N3O7/c1-3-13-28(22-31(40)38-35(25-39)19-11-12-20-35)32(41)36-29(21-26-15-7-5-8-16-26)24-44-33(42)30(14-4-2)37-34(43)45-23-27-17-9-6-10-18-27/h3-10,15-18,28-30,39H,1-2,11-14,19-25H2,(H,36,41)(H,37,43)(H,38,40). The molecule has 0 saturated heterocycles. The molecule has 2 aromatic rings. The van der Waals surface area contributed by atoms with Crippen molar-refractivity contribution in [2.24, 2.45) is 5.92 Å². The monoisotopic (exact) mass is 619 g/mol. The van der Waals surface area contributed by atoms with Crippen molar-refractivity contribution in [3.05, 3.63) is 97.1 Å². The molecule has 10 heteroatoms. The van der Waals surface area contributed by atoms with Gasteiger partial charge in [0.15, 0.2) is 0 Å². The van der Waals surface area contributed by atoms with E-state index in [2.05, 4.69) is 29.1 Å². The molecule has 3 amide bonds. The number of carbonyl (C=O) groups is 4. The van der Waals surface area contributed by atoms with Crippen molar-refractivity contribution >= 4 is 23.9 Å². The summed E-state index contributed by atoms with van der Waals surface area (Å²) in [5.74, 6) is -2.09. The highest BCUT2D eigenvalue weighted by Crippen LogP contribution is 2.29. The first-order valence-corrected chi connectivity index (χ1v) is 15.4. The zero-order chi connectivity index (χ0) is 32.5. The Morgan fingerprint density at radius 1 is 0.867 bits per heavy atom. The van der Waals surface area contributed by atoms with Crippen LogP contribution >= 0.6 is 0 Å². The van der Waals surface area contributed by atoms with E-state index < -0.39 is 35.6 Å². The van der Waals surface area contributed by atoms with Crippen LogP contribution in [0.4, 0.5) is 4.79 Å². The van der Waals surface area contributed by atoms with Crippen LogP contribution in [-0.2, 0) is 36.9 Å². The maximum Gasteiger partial charge on any atom is 0.408 e. The summed E-state index contributed by atoms with van der Waals surface area (Å²) in [6.07, 6.45) is 6.21. The summed E-state index contributed by atoms with van der Waals surface area (Å²) >= 11 is 0. The van der Waals surface area contributed by atoms with Gasteiger partial charge in [-0.3, -0.25) is 9.59 Å². The number of nitrogens with one attached hydrogen (secondary N) is 3. The lowest BCUT2D eigenvalue weighted by Crippen LogP contribution is -2.50. The van der Waals surface area contributed by atoms with Gasteiger partial charge in [-0.2, -0.15) is 0 Å². The van der Waals surface area contributed by atoms with Gasteiger partial charge in [0.2, 0.25) is 11.8 Å². The molecular formula is C35H45N3O7. The molecule has 45 heavy (non-hydrogen) atoms. The fourth-order valence-electron chi connectivity index (χ4n) is 5.37. The van der Waals surface area contributed by atoms with Crippen molar-refractivity contribution < 1.29 is 33.8 Å². The van der Waals surface area contributed by atoms with Gasteiger partial charge in [0, 0.05) is 6.42 Å². The Kier molecular flexibility index (Phi) is 14.3. The number of alkyl carbamates (subject to hydrolysis) is 1. The third-order valence-electron chi connectivity index (χ3n) is 7.81. The molecule has 3 atom stereocenters. The summed E-state index contributed by atoms with van der Waals surface area (Å²) in [7, 11) is 0. The van der Waals surface area contributed by atoms with E-state index in [0.717, 1.165) is 24.0 Å². The van der Waals surface area contributed by atoms with E-state index in [1.165, 1.54) is 6.08 Å². The van der Waals surface area contributed by atoms with Crippen LogP contribution in [0, 0.1) is 5.92 Å². The SMILES string of the molecule is C=CCC(CC(=O)NC1(CO)CCCC1)C(=O)NC(COC(=O)C(CC=C)NC(=O)OCc1ccccc1)Cc1ccccc1. The maximum atomic E-state index is 13.5. The Balaban J connectivity index is 1.62. The third kappa shape index (κ3) is 11.9. The molecule has 0 spiro atoms. The minimum atomic E-state index is -1.04. The van der Waals surface area contributed by atoms with Crippen molar-refractivity contribution in [3.63, 3.8) is 0 Å². The normalized spacial score (nSPS) is 15.5. The number of aliphatic hydroxyl groups excluding tert-OH is 1. The van der Waals surface area contributed by atoms with Gasteiger partial charge >= 0.3 is 12.1 Å².